The van der Waals surface area contributed by atoms with Crippen LogP contribution in [-0.2, 0) is 12.7 Å². The van der Waals surface area contributed by atoms with Crippen LogP contribution in [0.5, 0.6) is 0 Å². The van der Waals surface area contributed by atoms with Crippen LogP contribution in [0.3, 0.4) is 0 Å². The number of aromatic nitrogens is 6. The number of H-pyrrole nitrogens is 1. The number of nitrogens with zero attached hydrogens (tertiary/aromatic N) is 5. The normalized spacial score (nSPS) is 11.8. The first kappa shape index (κ1) is 14.2. The Morgan fingerprint density at radius 3 is 2.73 bits per heavy atom. The lowest BCUT2D eigenvalue weighted by atomic mass is 10.3. The maximum absolute atomic E-state index is 12.4. The molecule has 2 N–H and O–H groups in total. The molecule has 0 atom stereocenters. The van der Waals surface area contributed by atoms with E-state index in [0.29, 0.717) is 16.9 Å². The third-order valence-corrected chi connectivity index (χ3v) is 2.83. The van der Waals surface area contributed by atoms with E-state index in [-0.39, 0.29) is 12.4 Å². The van der Waals surface area contributed by atoms with Crippen molar-refractivity contribution >= 4 is 16.9 Å². The molecule has 0 aliphatic carbocycles. The number of anilines is 1. The average molecular weight is 309 g/mol. The van der Waals surface area contributed by atoms with Gasteiger partial charge in [0.2, 0.25) is 0 Å². The second kappa shape index (κ2) is 5.20. The van der Waals surface area contributed by atoms with Crippen LogP contribution in [0.1, 0.15) is 17.3 Å². The number of nitrogens with one attached hydrogen (secondary N) is 2. The molecule has 114 valence electrons. The topological polar surface area (TPSA) is 92.3 Å². The van der Waals surface area contributed by atoms with Crippen LogP contribution in [0.25, 0.3) is 11.0 Å². The van der Waals surface area contributed by atoms with Crippen molar-refractivity contribution in [1.29, 1.82) is 0 Å². The minimum Gasteiger partial charge on any atom is -0.361 e. The molecule has 0 saturated carbocycles. The second-order valence-electron chi connectivity index (χ2n) is 4.50. The Hall–Kier alpha value is -2.78. The van der Waals surface area contributed by atoms with Gasteiger partial charge in [0, 0.05) is 5.69 Å². The van der Waals surface area contributed by atoms with Gasteiger partial charge in [-0.2, -0.15) is 13.2 Å². The van der Waals surface area contributed by atoms with Crippen molar-refractivity contribution in [2.45, 2.75) is 19.6 Å². The van der Waals surface area contributed by atoms with E-state index < -0.39 is 12.0 Å². The van der Waals surface area contributed by atoms with Gasteiger partial charge in [-0.15, -0.1) is 5.10 Å². The Morgan fingerprint density at radius 1 is 1.18 bits per heavy atom. The highest BCUT2D eigenvalue weighted by Crippen LogP contribution is 2.25. The predicted molar refractivity (Wildman–Crippen MR) is 70.8 cm³/mol. The van der Waals surface area contributed by atoms with Gasteiger partial charge in [0.05, 0.1) is 12.1 Å². The zero-order chi connectivity index (χ0) is 15.7. The maximum atomic E-state index is 12.4. The van der Waals surface area contributed by atoms with E-state index in [1.54, 1.807) is 6.07 Å². The zero-order valence-electron chi connectivity index (χ0n) is 11.3. The fourth-order valence-electron chi connectivity index (χ4n) is 1.84. The lowest BCUT2D eigenvalue weighted by Crippen LogP contribution is -2.08. The summed E-state index contributed by atoms with van der Waals surface area (Å²) in [4.78, 5) is 15.8. The molecular formula is C12H10F3N7. The van der Waals surface area contributed by atoms with Gasteiger partial charge in [0.25, 0.3) is 5.82 Å². The third-order valence-electron chi connectivity index (χ3n) is 2.83. The summed E-state index contributed by atoms with van der Waals surface area (Å²) in [5, 5.41) is 8.24. The molecule has 3 aromatic rings. The van der Waals surface area contributed by atoms with Crippen LogP contribution in [0.15, 0.2) is 18.5 Å². The molecule has 3 heterocycles. The van der Waals surface area contributed by atoms with E-state index in [4.69, 9.17) is 0 Å². The number of pyridine rings is 1. The van der Waals surface area contributed by atoms with E-state index in [9.17, 15) is 13.2 Å². The molecule has 0 aromatic carbocycles. The summed E-state index contributed by atoms with van der Waals surface area (Å²) < 4.78 is 37.3. The lowest BCUT2D eigenvalue weighted by Gasteiger charge is -2.06. The number of fused-ring (bicyclic) bond motifs is 1. The van der Waals surface area contributed by atoms with Gasteiger partial charge in [0.1, 0.15) is 17.7 Å². The van der Waals surface area contributed by atoms with Crippen LogP contribution >= 0.6 is 0 Å². The van der Waals surface area contributed by atoms with E-state index in [0.717, 1.165) is 5.69 Å². The molecular weight excluding hydrogens is 299 g/mol. The summed E-state index contributed by atoms with van der Waals surface area (Å²) in [5.74, 6) is -0.740. The predicted octanol–water partition coefficient (Wildman–Crippen LogP) is 2.08. The summed E-state index contributed by atoms with van der Waals surface area (Å²) >= 11 is 0. The van der Waals surface area contributed by atoms with Gasteiger partial charge >= 0.3 is 6.18 Å². The molecule has 22 heavy (non-hydrogen) atoms. The number of halogens is 3. The third kappa shape index (κ3) is 2.80. The van der Waals surface area contributed by atoms with E-state index >= 15 is 0 Å². The zero-order valence-corrected chi connectivity index (χ0v) is 11.3. The smallest absolute Gasteiger partial charge is 0.361 e. The molecule has 0 aliphatic heterocycles. The van der Waals surface area contributed by atoms with Crippen LogP contribution in [0.4, 0.5) is 19.0 Å². The van der Waals surface area contributed by atoms with Gasteiger partial charge < -0.3 is 5.32 Å². The van der Waals surface area contributed by atoms with Gasteiger partial charge in [-0.3, -0.25) is 5.10 Å². The SMILES string of the molecule is Cc1ccc2ncnc(NCc3nc(C(F)(F)F)n[nH]3)c2n1. The van der Waals surface area contributed by atoms with Gasteiger partial charge in [0.15, 0.2) is 5.82 Å². The molecule has 0 spiro atoms. The largest absolute Gasteiger partial charge is 0.453 e. The van der Waals surface area contributed by atoms with E-state index in [1.165, 1.54) is 6.33 Å². The van der Waals surface area contributed by atoms with Crippen LogP contribution in [-0.4, -0.2) is 30.1 Å². The summed E-state index contributed by atoms with van der Waals surface area (Å²) in [7, 11) is 0. The van der Waals surface area contributed by atoms with Crippen molar-refractivity contribution < 1.29 is 13.2 Å². The molecule has 0 amide bonds. The highest BCUT2D eigenvalue weighted by molar-refractivity contribution is 5.84. The first-order chi connectivity index (χ1) is 10.4. The van der Waals surface area contributed by atoms with Crippen LogP contribution in [0.2, 0.25) is 0 Å². The molecule has 7 nitrogen and oxygen atoms in total. The number of hydrogen-bond acceptors (Lipinski definition) is 6. The van der Waals surface area contributed by atoms with Crippen molar-refractivity contribution in [2.75, 3.05) is 5.32 Å². The first-order valence-electron chi connectivity index (χ1n) is 6.24. The van der Waals surface area contributed by atoms with Gasteiger partial charge in [-0.1, -0.05) is 0 Å². The van der Waals surface area contributed by atoms with E-state index in [2.05, 4.69) is 35.5 Å². The molecule has 3 aromatic heterocycles. The number of rotatable bonds is 3. The first-order valence-corrected chi connectivity index (χ1v) is 6.24. The summed E-state index contributed by atoms with van der Waals surface area (Å²) in [6.45, 7) is 1.83. The van der Waals surface area contributed by atoms with Crippen molar-refractivity contribution in [3.05, 3.63) is 35.8 Å². The molecule has 0 aliphatic rings. The van der Waals surface area contributed by atoms with Crippen LogP contribution in [0, 0.1) is 6.92 Å². The Bertz CT molecular complexity index is 812. The summed E-state index contributed by atoms with van der Waals surface area (Å²) in [5.41, 5.74) is 1.96. The number of hydrogen-bond donors (Lipinski definition) is 2. The minimum atomic E-state index is -4.57. The van der Waals surface area contributed by atoms with Gasteiger partial charge in [-0.25, -0.2) is 19.9 Å². The minimum absolute atomic E-state index is 0.00478. The molecule has 0 unspecified atom stereocenters. The molecule has 3 rings (SSSR count). The summed E-state index contributed by atoms with van der Waals surface area (Å²) in [6.07, 6.45) is -3.22. The van der Waals surface area contributed by atoms with Crippen molar-refractivity contribution in [3.8, 4) is 0 Å². The molecule has 0 saturated heterocycles. The fourth-order valence-corrected chi connectivity index (χ4v) is 1.84. The monoisotopic (exact) mass is 309 g/mol. The van der Waals surface area contributed by atoms with Crippen molar-refractivity contribution in [2.24, 2.45) is 0 Å². The Labute approximate surface area is 122 Å². The quantitative estimate of drug-likeness (QED) is 0.769. The Morgan fingerprint density at radius 2 is 2.00 bits per heavy atom. The second-order valence-corrected chi connectivity index (χ2v) is 4.50. The summed E-state index contributed by atoms with van der Waals surface area (Å²) in [6, 6.07) is 3.60. The average Bonchev–Trinajstić information content (AvgIpc) is 2.94. The maximum Gasteiger partial charge on any atom is 0.453 e. The van der Waals surface area contributed by atoms with Crippen LogP contribution < -0.4 is 5.32 Å². The lowest BCUT2D eigenvalue weighted by molar-refractivity contribution is -0.144. The van der Waals surface area contributed by atoms with Gasteiger partial charge in [-0.05, 0) is 19.1 Å². The molecule has 0 fully saturated rings. The van der Waals surface area contributed by atoms with Crippen molar-refractivity contribution in [3.63, 3.8) is 0 Å². The molecule has 0 radical (unpaired) electrons. The Kier molecular flexibility index (Phi) is 3.35. The number of aromatic amines is 1. The highest BCUT2D eigenvalue weighted by atomic mass is 19.4. The highest BCUT2D eigenvalue weighted by Gasteiger charge is 2.35. The van der Waals surface area contributed by atoms with E-state index in [1.807, 2.05) is 13.0 Å². The Balaban J connectivity index is 1.82. The fraction of sp³-hybridized carbons (Fsp3) is 0.250. The van der Waals surface area contributed by atoms with Crippen molar-refractivity contribution in [1.82, 2.24) is 30.1 Å². The molecule has 0 bridgehead atoms. The molecule has 10 heteroatoms. The number of alkyl halides is 3. The standard InChI is InChI=1S/C12H10F3N7/c1-6-2-3-7-9(19-6)10(18-5-17-7)16-4-8-20-11(22-21-8)12(13,14)15/h2-3,5H,4H2,1H3,(H,16,17,18)(H,20,21,22). The number of aryl methyl sites for hydroxylation is 1.